The minimum absolute atomic E-state index is 0.823. The Morgan fingerprint density at radius 2 is 1.04 bits per heavy atom. The third-order valence-electron chi connectivity index (χ3n) is 2.98. The van der Waals surface area contributed by atoms with Gasteiger partial charge in [0.25, 0.3) is 0 Å². The second-order valence-corrected chi connectivity index (χ2v) is 16.5. The molecule has 0 aromatic rings. The van der Waals surface area contributed by atoms with Gasteiger partial charge in [0.1, 0.15) is 0 Å². The number of rotatable bonds is 14. The SMILES string of the molecule is CSC1=C(SC)SC(=C2SC(SCCOCCI)=C(SCCOCCI)S2)S1. The van der Waals surface area contributed by atoms with Crippen molar-refractivity contribution in [2.45, 2.75) is 0 Å². The standard InChI is InChI=1S/C16H22I2O2S8/c1-21-11-12(22-2)26-15(25-11)16-27-13(23-9-7-19-5-3-17)14(28-16)24-10-8-20-6-4-18/h3-10H2,1-2H3. The highest BCUT2D eigenvalue weighted by molar-refractivity contribution is 14.1. The van der Waals surface area contributed by atoms with Crippen LogP contribution in [-0.2, 0) is 9.47 Å². The molecule has 0 unspecified atom stereocenters. The molecule has 160 valence electrons. The van der Waals surface area contributed by atoms with Crippen LogP contribution in [0.4, 0.5) is 0 Å². The molecule has 0 amide bonds. The molecule has 2 nitrogen and oxygen atoms in total. The highest BCUT2D eigenvalue weighted by Gasteiger charge is 2.30. The quantitative estimate of drug-likeness (QED) is 0.0974. The smallest absolute Gasteiger partial charge is 0.0717 e. The van der Waals surface area contributed by atoms with Crippen molar-refractivity contribution >= 4 is 139 Å². The molecule has 0 saturated carbocycles. The fraction of sp³-hybridized carbons (Fsp3) is 0.625. The molecule has 2 heterocycles. The van der Waals surface area contributed by atoms with Crippen LogP contribution in [0.3, 0.4) is 0 Å². The Bertz CT molecular complexity index is 551. The van der Waals surface area contributed by atoms with E-state index >= 15 is 0 Å². The lowest BCUT2D eigenvalue weighted by Crippen LogP contribution is -2.00. The molecule has 2 aliphatic heterocycles. The summed E-state index contributed by atoms with van der Waals surface area (Å²) in [7, 11) is 0. The first kappa shape index (κ1) is 27.6. The summed E-state index contributed by atoms with van der Waals surface area (Å²) < 4.78 is 22.1. The molecule has 12 heteroatoms. The second-order valence-electron chi connectivity index (χ2n) is 4.84. The van der Waals surface area contributed by atoms with Gasteiger partial charge in [-0.05, 0) is 12.5 Å². The Hall–Kier alpha value is 3.40. The van der Waals surface area contributed by atoms with E-state index in [0.29, 0.717) is 0 Å². The average Bonchev–Trinajstić information content (AvgIpc) is 3.31. The topological polar surface area (TPSA) is 18.5 Å². The van der Waals surface area contributed by atoms with Crippen LogP contribution in [0.25, 0.3) is 0 Å². The number of halogens is 2. The van der Waals surface area contributed by atoms with Crippen LogP contribution in [0.1, 0.15) is 0 Å². The first-order valence-electron chi connectivity index (χ1n) is 8.28. The van der Waals surface area contributed by atoms with Crippen molar-refractivity contribution in [3.8, 4) is 0 Å². The highest BCUT2D eigenvalue weighted by atomic mass is 127. The van der Waals surface area contributed by atoms with E-state index in [0.717, 1.165) is 46.8 Å². The van der Waals surface area contributed by atoms with Crippen LogP contribution >= 0.6 is 139 Å². The Labute approximate surface area is 230 Å². The summed E-state index contributed by atoms with van der Waals surface area (Å²) in [6, 6.07) is 0. The average molecular weight is 757 g/mol. The second kappa shape index (κ2) is 16.9. The minimum atomic E-state index is 0.823. The maximum atomic E-state index is 5.66. The van der Waals surface area contributed by atoms with Gasteiger partial charge >= 0.3 is 0 Å². The molecular weight excluding hydrogens is 735 g/mol. The predicted octanol–water partition coefficient (Wildman–Crippen LogP) is 8.42. The van der Waals surface area contributed by atoms with Crippen molar-refractivity contribution in [2.24, 2.45) is 0 Å². The van der Waals surface area contributed by atoms with Gasteiger partial charge in [0.05, 0.1) is 51.9 Å². The van der Waals surface area contributed by atoms with E-state index in [1.807, 2.05) is 94.1 Å². The van der Waals surface area contributed by atoms with Crippen molar-refractivity contribution in [3.63, 3.8) is 0 Å². The molecule has 0 aromatic carbocycles. The van der Waals surface area contributed by atoms with E-state index in [2.05, 4.69) is 57.7 Å². The van der Waals surface area contributed by atoms with Crippen molar-refractivity contribution in [3.05, 3.63) is 25.4 Å². The molecule has 0 radical (unpaired) electrons. The van der Waals surface area contributed by atoms with Crippen LogP contribution in [0.5, 0.6) is 0 Å². The fourth-order valence-electron chi connectivity index (χ4n) is 1.84. The fourth-order valence-corrected chi connectivity index (χ4v) is 13.5. The largest absolute Gasteiger partial charge is 0.380 e. The van der Waals surface area contributed by atoms with Gasteiger partial charge in [-0.15, -0.1) is 47.0 Å². The van der Waals surface area contributed by atoms with Gasteiger partial charge in [0.15, 0.2) is 0 Å². The summed E-state index contributed by atoms with van der Waals surface area (Å²) in [5, 5.41) is 0. The van der Waals surface area contributed by atoms with E-state index in [-0.39, 0.29) is 0 Å². The zero-order valence-corrected chi connectivity index (χ0v) is 26.3. The molecule has 0 saturated heterocycles. The normalized spacial score (nSPS) is 17.6. The first-order valence-corrected chi connectivity index (χ1v) is 19.0. The lowest BCUT2D eigenvalue weighted by Gasteiger charge is -2.06. The van der Waals surface area contributed by atoms with E-state index in [4.69, 9.17) is 9.47 Å². The summed E-state index contributed by atoms with van der Waals surface area (Å²) in [6.07, 6.45) is 4.35. The third kappa shape index (κ3) is 9.72. The third-order valence-corrected chi connectivity index (χ3v) is 15.1. The summed E-state index contributed by atoms with van der Waals surface area (Å²) in [4.78, 5) is 0. The summed E-state index contributed by atoms with van der Waals surface area (Å²) >= 11 is 20.1. The summed E-state index contributed by atoms with van der Waals surface area (Å²) in [5.74, 6) is 2.03. The van der Waals surface area contributed by atoms with Crippen molar-refractivity contribution in [1.82, 2.24) is 0 Å². The lowest BCUT2D eigenvalue weighted by molar-refractivity contribution is 0.169. The van der Waals surface area contributed by atoms with E-state index in [9.17, 15) is 0 Å². The molecule has 2 rings (SSSR count). The zero-order valence-electron chi connectivity index (χ0n) is 15.5. The molecule has 0 fully saturated rings. The van der Waals surface area contributed by atoms with Crippen LogP contribution in [0.2, 0.25) is 0 Å². The van der Waals surface area contributed by atoms with Crippen LogP contribution in [0.15, 0.2) is 25.4 Å². The van der Waals surface area contributed by atoms with E-state index in [1.54, 1.807) is 0 Å². The minimum Gasteiger partial charge on any atom is -0.380 e. The van der Waals surface area contributed by atoms with Crippen molar-refractivity contribution in [2.75, 3.05) is 59.3 Å². The van der Waals surface area contributed by atoms with Crippen LogP contribution < -0.4 is 0 Å². The molecule has 0 aromatic heterocycles. The van der Waals surface area contributed by atoms with E-state index in [1.165, 1.54) is 25.4 Å². The number of hydrogen-bond donors (Lipinski definition) is 0. The number of thioether (sulfide) groups is 8. The molecule has 28 heavy (non-hydrogen) atoms. The maximum absolute atomic E-state index is 5.66. The van der Waals surface area contributed by atoms with E-state index < -0.39 is 0 Å². The van der Waals surface area contributed by atoms with Gasteiger partial charge in [-0.25, -0.2) is 0 Å². The summed E-state index contributed by atoms with van der Waals surface area (Å²) in [6.45, 7) is 3.34. The van der Waals surface area contributed by atoms with Gasteiger partial charge in [-0.1, -0.05) is 92.2 Å². The molecule has 0 aliphatic carbocycles. The maximum Gasteiger partial charge on any atom is 0.0717 e. The molecular formula is C16H22I2O2S8. The van der Waals surface area contributed by atoms with Gasteiger partial charge in [0.2, 0.25) is 0 Å². The lowest BCUT2D eigenvalue weighted by atomic mass is 10.8. The van der Waals surface area contributed by atoms with Gasteiger partial charge in [0, 0.05) is 20.4 Å². The zero-order chi connectivity index (χ0) is 20.2. The molecule has 2 aliphatic rings. The molecule has 0 N–H and O–H groups in total. The molecule has 0 spiro atoms. The Morgan fingerprint density at radius 1 is 0.643 bits per heavy atom. The van der Waals surface area contributed by atoms with Crippen LogP contribution in [0, 0.1) is 0 Å². The van der Waals surface area contributed by atoms with Crippen molar-refractivity contribution in [1.29, 1.82) is 0 Å². The van der Waals surface area contributed by atoms with Gasteiger partial charge < -0.3 is 9.47 Å². The van der Waals surface area contributed by atoms with Gasteiger partial charge in [-0.3, -0.25) is 0 Å². The Balaban J connectivity index is 1.95. The highest BCUT2D eigenvalue weighted by Crippen LogP contribution is 2.65. The molecule has 0 atom stereocenters. The number of alkyl halides is 2. The number of hydrogen-bond acceptors (Lipinski definition) is 10. The Morgan fingerprint density at radius 3 is 1.39 bits per heavy atom. The van der Waals surface area contributed by atoms with Crippen molar-refractivity contribution < 1.29 is 9.47 Å². The summed E-state index contributed by atoms with van der Waals surface area (Å²) in [5.41, 5.74) is 0. The number of ether oxygens (including phenoxy) is 2. The molecule has 0 bridgehead atoms. The van der Waals surface area contributed by atoms with Gasteiger partial charge in [-0.2, -0.15) is 0 Å². The Kier molecular flexibility index (Phi) is 16.7. The van der Waals surface area contributed by atoms with Crippen LogP contribution in [-0.4, -0.2) is 59.3 Å². The first-order chi connectivity index (χ1) is 13.7. The predicted molar refractivity (Wildman–Crippen MR) is 163 cm³/mol. The monoisotopic (exact) mass is 756 g/mol.